The molecule has 13 heteroatoms. The molecule has 0 radical (unpaired) electrons. The van der Waals surface area contributed by atoms with E-state index in [9.17, 15) is 26.8 Å². The summed E-state index contributed by atoms with van der Waals surface area (Å²) in [5, 5.41) is 0.670. The van der Waals surface area contributed by atoms with Crippen molar-refractivity contribution in [3.63, 3.8) is 0 Å². The number of carbonyl (C=O) groups is 1. The fraction of sp³-hybridized carbons (Fsp3) is 0.0385. The first-order chi connectivity index (χ1) is 18.5. The highest BCUT2D eigenvalue weighted by Crippen LogP contribution is 2.36. The Kier molecular flexibility index (Phi) is 6.66. The number of hydrogen-bond donors (Lipinski definition) is 3. The van der Waals surface area contributed by atoms with E-state index in [0.29, 0.717) is 33.6 Å². The number of pyridine rings is 2. The van der Waals surface area contributed by atoms with Crippen LogP contribution in [0.2, 0.25) is 5.02 Å². The Labute approximate surface area is 224 Å². The van der Waals surface area contributed by atoms with Gasteiger partial charge >= 0.3 is 0 Å². The van der Waals surface area contributed by atoms with Crippen molar-refractivity contribution in [2.24, 2.45) is 0 Å². The van der Waals surface area contributed by atoms with Gasteiger partial charge in [0, 0.05) is 46.0 Å². The van der Waals surface area contributed by atoms with Gasteiger partial charge in [0.15, 0.2) is 0 Å². The molecular weight excluding hydrogens is 552 g/mol. The maximum absolute atomic E-state index is 14.4. The van der Waals surface area contributed by atoms with E-state index in [1.54, 1.807) is 24.3 Å². The largest absolute Gasteiger partial charge is 0.384 e. The summed E-state index contributed by atoms with van der Waals surface area (Å²) < 4.78 is 57.5. The molecular formula is C26H18ClF2N5O4S. The number of aromatic nitrogens is 3. The fourth-order valence-corrected chi connectivity index (χ4v) is 5.52. The molecule has 0 bridgehead atoms. The van der Waals surface area contributed by atoms with Gasteiger partial charge in [0.1, 0.15) is 28.0 Å². The van der Waals surface area contributed by atoms with Crippen LogP contribution in [0.25, 0.3) is 22.0 Å². The van der Waals surface area contributed by atoms with E-state index in [4.69, 9.17) is 17.3 Å². The Morgan fingerprint density at radius 1 is 1.10 bits per heavy atom. The lowest BCUT2D eigenvalue weighted by atomic mass is 10.0. The summed E-state index contributed by atoms with van der Waals surface area (Å²) in [4.78, 5) is 32.1. The van der Waals surface area contributed by atoms with Crippen LogP contribution in [-0.4, -0.2) is 28.9 Å². The molecule has 0 fully saturated rings. The van der Waals surface area contributed by atoms with Crippen molar-refractivity contribution in [3.05, 3.63) is 111 Å². The maximum Gasteiger partial charge on any atom is 0.282 e. The molecule has 2 aromatic carbocycles. The Hall–Kier alpha value is -4.55. The minimum atomic E-state index is -4.88. The topological polar surface area (TPSA) is 140 Å². The lowest BCUT2D eigenvalue weighted by Crippen LogP contribution is -2.33. The number of amides is 1. The predicted octanol–water partition coefficient (Wildman–Crippen LogP) is 4.07. The van der Waals surface area contributed by atoms with E-state index in [0.717, 1.165) is 6.07 Å². The summed E-state index contributed by atoms with van der Waals surface area (Å²) in [6.45, 7) is 0.00666. The normalized spacial score (nSPS) is 11.6. The van der Waals surface area contributed by atoms with Gasteiger partial charge in [0.05, 0.1) is 0 Å². The lowest BCUT2D eigenvalue weighted by molar-refractivity contribution is 0.0974. The zero-order valence-corrected chi connectivity index (χ0v) is 21.4. The highest BCUT2D eigenvalue weighted by molar-refractivity contribution is 7.90. The molecule has 0 saturated carbocycles. The summed E-state index contributed by atoms with van der Waals surface area (Å²) in [5.74, 6) is -3.25. The Morgan fingerprint density at radius 3 is 2.64 bits per heavy atom. The average Bonchev–Trinajstić information content (AvgIpc) is 3.18. The number of halogens is 3. The van der Waals surface area contributed by atoms with Gasteiger partial charge in [0.2, 0.25) is 0 Å². The molecule has 3 heterocycles. The van der Waals surface area contributed by atoms with Crippen LogP contribution in [0.15, 0.2) is 82.7 Å². The molecule has 0 saturated heterocycles. The van der Waals surface area contributed by atoms with Crippen LogP contribution in [0.5, 0.6) is 0 Å². The van der Waals surface area contributed by atoms with Gasteiger partial charge in [-0.2, -0.15) is 0 Å². The molecule has 3 aromatic heterocycles. The molecule has 0 unspecified atom stereocenters. The third-order valence-electron chi connectivity index (χ3n) is 5.92. The van der Waals surface area contributed by atoms with Gasteiger partial charge in [-0.15, -0.1) is 0 Å². The summed E-state index contributed by atoms with van der Waals surface area (Å²) >= 11 is 6.27. The van der Waals surface area contributed by atoms with E-state index in [1.165, 1.54) is 35.2 Å². The van der Waals surface area contributed by atoms with Crippen LogP contribution in [0.3, 0.4) is 0 Å². The number of anilines is 1. The molecule has 1 amide bonds. The second-order valence-corrected chi connectivity index (χ2v) is 10.6. The molecule has 0 aliphatic heterocycles. The Bertz CT molecular complexity index is 1940. The third kappa shape index (κ3) is 4.99. The fourth-order valence-electron chi connectivity index (χ4n) is 4.30. The predicted molar refractivity (Wildman–Crippen MR) is 142 cm³/mol. The Balaban J connectivity index is 1.77. The molecule has 9 nitrogen and oxygen atoms in total. The standard InChI is InChI=1S/C26H18ClF2N5O4S/c27-15-3-6-20-18(11-15)23(17-2-1-8-32-25(17)35)24(34(20)13-14-7-9-31-22(30)10-14)26(36)33-39(37,38)21-12-16(28)4-5-19(21)29/h1-12H,13H2,(H2,30,31)(H,32,35)(H,33,36). The first-order valence-corrected chi connectivity index (χ1v) is 13.1. The number of aromatic amines is 1. The minimum absolute atomic E-state index is 0.00666. The van der Waals surface area contributed by atoms with Gasteiger partial charge in [-0.3, -0.25) is 9.59 Å². The van der Waals surface area contributed by atoms with Crippen molar-refractivity contribution in [1.29, 1.82) is 0 Å². The number of hydrogen-bond acceptors (Lipinski definition) is 6. The quantitative estimate of drug-likeness (QED) is 0.282. The molecule has 0 atom stereocenters. The number of nitrogens with two attached hydrogens (primary N) is 1. The molecule has 4 N–H and O–H groups in total. The molecule has 5 rings (SSSR count). The van der Waals surface area contributed by atoms with Crippen molar-refractivity contribution in [2.75, 3.05) is 5.73 Å². The number of rotatable bonds is 6. The van der Waals surface area contributed by atoms with Crippen molar-refractivity contribution < 1.29 is 22.0 Å². The number of H-pyrrole nitrogens is 1. The zero-order valence-electron chi connectivity index (χ0n) is 19.8. The maximum atomic E-state index is 14.4. The van der Waals surface area contributed by atoms with E-state index in [-0.39, 0.29) is 29.2 Å². The van der Waals surface area contributed by atoms with E-state index in [2.05, 4.69) is 9.97 Å². The first-order valence-electron chi connectivity index (χ1n) is 11.3. The number of nitrogens with one attached hydrogen (secondary N) is 2. The highest BCUT2D eigenvalue weighted by atomic mass is 35.5. The van der Waals surface area contributed by atoms with Crippen molar-refractivity contribution in [3.8, 4) is 11.1 Å². The summed E-state index contributed by atoms with van der Waals surface area (Å²) in [7, 11) is -4.88. The van der Waals surface area contributed by atoms with Crippen LogP contribution >= 0.6 is 11.6 Å². The summed E-state index contributed by atoms with van der Waals surface area (Å²) in [5.41, 5.74) is 6.22. The monoisotopic (exact) mass is 569 g/mol. The number of nitrogens with zero attached hydrogens (tertiary/aromatic N) is 2. The second-order valence-electron chi connectivity index (χ2n) is 8.48. The number of benzene rings is 2. The molecule has 5 aromatic rings. The molecule has 0 aliphatic rings. The molecule has 0 aliphatic carbocycles. The van der Waals surface area contributed by atoms with Gasteiger partial charge < -0.3 is 15.3 Å². The SMILES string of the molecule is Nc1cc(Cn2c(C(=O)NS(=O)(=O)c3cc(F)ccc3F)c(-c3ccc[nH]c3=O)c3cc(Cl)ccc32)ccn1. The second kappa shape index (κ2) is 9.97. The molecule has 0 spiro atoms. The van der Waals surface area contributed by atoms with E-state index < -0.39 is 38.0 Å². The van der Waals surface area contributed by atoms with Crippen LogP contribution in [0.4, 0.5) is 14.6 Å². The van der Waals surface area contributed by atoms with Crippen molar-refractivity contribution in [1.82, 2.24) is 19.3 Å². The van der Waals surface area contributed by atoms with Crippen LogP contribution in [0.1, 0.15) is 16.1 Å². The van der Waals surface area contributed by atoms with E-state index in [1.807, 2.05) is 4.72 Å². The average molecular weight is 570 g/mol. The van der Waals surface area contributed by atoms with Gasteiger partial charge in [-0.25, -0.2) is 26.9 Å². The minimum Gasteiger partial charge on any atom is -0.384 e. The van der Waals surface area contributed by atoms with Gasteiger partial charge in [0.25, 0.3) is 21.5 Å². The number of sulfonamides is 1. The molecule has 39 heavy (non-hydrogen) atoms. The lowest BCUT2D eigenvalue weighted by Gasteiger charge is -2.14. The van der Waals surface area contributed by atoms with E-state index >= 15 is 0 Å². The third-order valence-corrected chi connectivity index (χ3v) is 7.51. The van der Waals surface area contributed by atoms with Crippen LogP contribution < -0.4 is 16.0 Å². The molecule has 198 valence electrons. The van der Waals surface area contributed by atoms with Crippen LogP contribution in [0, 0.1) is 11.6 Å². The number of carbonyl (C=O) groups excluding carboxylic acids is 1. The smallest absolute Gasteiger partial charge is 0.282 e. The summed E-state index contributed by atoms with van der Waals surface area (Å²) in [6, 6.07) is 12.8. The van der Waals surface area contributed by atoms with Crippen molar-refractivity contribution in [2.45, 2.75) is 11.4 Å². The number of nitrogen functional groups attached to an aromatic ring is 1. The highest BCUT2D eigenvalue weighted by Gasteiger charge is 2.30. The summed E-state index contributed by atoms with van der Waals surface area (Å²) in [6.07, 6.45) is 2.86. The van der Waals surface area contributed by atoms with Gasteiger partial charge in [-0.1, -0.05) is 11.6 Å². The van der Waals surface area contributed by atoms with Crippen LogP contribution in [-0.2, 0) is 16.6 Å². The van der Waals surface area contributed by atoms with Crippen molar-refractivity contribution >= 4 is 44.3 Å². The first kappa shape index (κ1) is 26.1. The van der Waals surface area contributed by atoms with Gasteiger partial charge in [-0.05, 0) is 66.2 Å². The Morgan fingerprint density at radius 2 is 1.90 bits per heavy atom. The zero-order chi connectivity index (χ0) is 27.9. The number of fused-ring (bicyclic) bond motifs is 1.